The molecule has 1 atom stereocenters. The number of hydrogen-bond acceptors (Lipinski definition) is 1. The van der Waals surface area contributed by atoms with Crippen molar-refractivity contribution in [3.05, 3.63) is 162 Å². The molecule has 2 aromatic rings. The predicted molar refractivity (Wildman–Crippen MR) is 156 cm³/mol. The van der Waals surface area contributed by atoms with E-state index >= 15 is 0 Å². The first-order chi connectivity index (χ1) is 16.5. The highest BCUT2D eigenvalue weighted by molar-refractivity contribution is 6.00. The van der Waals surface area contributed by atoms with Gasteiger partial charge in [0.25, 0.3) is 0 Å². The standard InChI is InChI=1S/C32H28.C2H4.H3N/c1-6-7-11-21(3)22(4)24-17-16-20(2)18-29(24)23(5)25-14-10-15-28-26-12-8-9-13-27(26)30-19-31(30)32(25)28;1-2;/h6-9,11-13,15-19,30H,1,3-5,10,14H2,2H3;1-2H2;1H3/b11-7-;;. The summed E-state index contributed by atoms with van der Waals surface area (Å²) in [6, 6.07) is 15.4. The van der Waals surface area contributed by atoms with Gasteiger partial charge in [-0.1, -0.05) is 105 Å². The van der Waals surface area contributed by atoms with Crippen LogP contribution in [0.4, 0.5) is 0 Å². The number of hydrogen-bond donors (Lipinski definition) is 1. The lowest BCUT2D eigenvalue weighted by atomic mass is 9.74. The maximum Gasteiger partial charge on any atom is 0.0285 e. The van der Waals surface area contributed by atoms with Crippen LogP contribution in [-0.4, -0.2) is 0 Å². The van der Waals surface area contributed by atoms with Crippen LogP contribution in [-0.2, 0) is 0 Å². The quantitative estimate of drug-likeness (QED) is 0.340. The van der Waals surface area contributed by atoms with Gasteiger partial charge in [-0.25, -0.2) is 0 Å². The molecule has 35 heavy (non-hydrogen) atoms. The summed E-state index contributed by atoms with van der Waals surface area (Å²) in [4.78, 5) is 0. The number of allylic oxidation sites excluding steroid dienone is 12. The Bertz CT molecular complexity index is 1350. The Balaban J connectivity index is 0.00000111. The minimum absolute atomic E-state index is 0. The largest absolute Gasteiger partial charge is 0.344 e. The molecule has 0 bridgehead atoms. The van der Waals surface area contributed by atoms with Crippen molar-refractivity contribution in [1.29, 1.82) is 0 Å². The van der Waals surface area contributed by atoms with Gasteiger partial charge in [0.2, 0.25) is 0 Å². The average molecular weight is 458 g/mol. The van der Waals surface area contributed by atoms with E-state index in [2.05, 4.69) is 101 Å². The summed E-state index contributed by atoms with van der Waals surface area (Å²) >= 11 is 0. The van der Waals surface area contributed by atoms with Crippen LogP contribution in [0.25, 0.3) is 16.7 Å². The average Bonchev–Trinajstić information content (AvgIpc) is 3.69. The van der Waals surface area contributed by atoms with E-state index in [0.29, 0.717) is 5.92 Å². The van der Waals surface area contributed by atoms with Crippen molar-refractivity contribution in [2.45, 2.75) is 25.7 Å². The van der Waals surface area contributed by atoms with Crippen LogP contribution in [0.1, 0.15) is 46.6 Å². The molecule has 3 N–H and O–H groups in total. The summed E-state index contributed by atoms with van der Waals surface area (Å²) in [5, 5.41) is 0. The predicted octanol–water partition coefficient (Wildman–Crippen LogP) is 9.50. The molecule has 3 aliphatic carbocycles. The molecule has 0 aliphatic heterocycles. The molecule has 1 nitrogen and oxygen atoms in total. The third-order valence-corrected chi connectivity index (χ3v) is 6.77. The molecular weight excluding hydrogens is 422 g/mol. The van der Waals surface area contributed by atoms with E-state index < -0.39 is 0 Å². The maximum absolute atomic E-state index is 4.64. The minimum atomic E-state index is 0. The molecule has 1 heteroatoms. The molecule has 5 rings (SSSR count). The van der Waals surface area contributed by atoms with Crippen molar-refractivity contribution in [2.24, 2.45) is 0 Å². The van der Waals surface area contributed by atoms with Gasteiger partial charge in [0.15, 0.2) is 0 Å². The maximum atomic E-state index is 4.64. The second kappa shape index (κ2) is 10.5. The van der Waals surface area contributed by atoms with Crippen LogP contribution < -0.4 is 6.15 Å². The number of rotatable bonds is 6. The normalized spacial score (nSPS) is 16.8. The molecule has 0 radical (unpaired) electrons. The van der Waals surface area contributed by atoms with Crippen LogP contribution in [0.3, 0.4) is 0 Å². The monoisotopic (exact) mass is 457 g/mol. The van der Waals surface area contributed by atoms with Gasteiger partial charge in [-0.15, -0.1) is 13.2 Å². The van der Waals surface area contributed by atoms with E-state index in [1.165, 1.54) is 39.0 Å². The van der Waals surface area contributed by atoms with Gasteiger partial charge in [0, 0.05) is 5.92 Å². The Morgan fingerprint density at radius 2 is 1.74 bits per heavy atom. The Kier molecular flexibility index (Phi) is 7.74. The highest BCUT2D eigenvalue weighted by Crippen LogP contribution is 2.58. The lowest BCUT2D eigenvalue weighted by Gasteiger charge is -2.29. The summed E-state index contributed by atoms with van der Waals surface area (Å²) in [6.45, 7) is 25.1. The van der Waals surface area contributed by atoms with Crippen molar-refractivity contribution < 1.29 is 0 Å². The lowest BCUT2D eigenvalue weighted by molar-refractivity contribution is 0.972. The topological polar surface area (TPSA) is 35.0 Å². The molecule has 0 fully saturated rings. The highest BCUT2D eigenvalue weighted by Gasteiger charge is 2.40. The van der Waals surface area contributed by atoms with Crippen LogP contribution in [0.5, 0.6) is 0 Å². The molecule has 0 saturated heterocycles. The Morgan fingerprint density at radius 3 is 2.49 bits per heavy atom. The zero-order valence-electron chi connectivity index (χ0n) is 20.9. The number of aryl methyl sites for hydroxylation is 1. The summed E-state index contributed by atoms with van der Waals surface area (Å²) in [6.07, 6.45) is 12.5. The van der Waals surface area contributed by atoms with Crippen molar-refractivity contribution >= 4 is 16.7 Å². The van der Waals surface area contributed by atoms with E-state index in [1.807, 2.05) is 12.2 Å². The fourth-order valence-electron chi connectivity index (χ4n) is 5.06. The van der Waals surface area contributed by atoms with Crippen LogP contribution in [0.15, 0.2) is 135 Å². The Hall–Kier alpha value is -3.94. The number of fused-ring (bicyclic) bond motifs is 6. The van der Waals surface area contributed by atoms with Crippen molar-refractivity contribution in [3.63, 3.8) is 0 Å². The van der Waals surface area contributed by atoms with E-state index in [1.54, 1.807) is 6.08 Å². The van der Waals surface area contributed by atoms with Gasteiger partial charge in [0.1, 0.15) is 0 Å². The Labute approximate surface area is 210 Å². The molecule has 0 aromatic heterocycles. The zero-order valence-corrected chi connectivity index (χ0v) is 20.9. The van der Waals surface area contributed by atoms with E-state index in [0.717, 1.165) is 40.7 Å². The first-order valence-corrected chi connectivity index (χ1v) is 11.7. The smallest absolute Gasteiger partial charge is 0.0285 e. The summed E-state index contributed by atoms with van der Waals surface area (Å²) in [7, 11) is 0. The number of benzene rings is 2. The van der Waals surface area contributed by atoms with E-state index in [4.69, 9.17) is 0 Å². The first kappa shape index (κ1) is 25.7. The zero-order chi connectivity index (χ0) is 24.4. The van der Waals surface area contributed by atoms with Crippen molar-refractivity contribution in [3.8, 4) is 0 Å². The summed E-state index contributed by atoms with van der Waals surface area (Å²) in [5.41, 5.74) is 14.9. The van der Waals surface area contributed by atoms with E-state index in [9.17, 15) is 0 Å². The van der Waals surface area contributed by atoms with Gasteiger partial charge in [0.05, 0.1) is 0 Å². The second-order valence-electron chi connectivity index (χ2n) is 8.82. The molecule has 3 aliphatic rings. The van der Waals surface area contributed by atoms with Gasteiger partial charge >= 0.3 is 0 Å². The minimum Gasteiger partial charge on any atom is -0.344 e. The molecular formula is C34H35N. The van der Waals surface area contributed by atoms with Crippen LogP contribution in [0, 0.1) is 6.92 Å². The van der Waals surface area contributed by atoms with Crippen molar-refractivity contribution in [2.75, 3.05) is 0 Å². The summed E-state index contributed by atoms with van der Waals surface area (Å²) < 4.78 is 0. The molecule has 1 unspecified atom stereocenters. The fourth-order valence-corrected chi connectivity index (χ4v) is 5.06. The molecule has 176 valence electrons. The first-order valence-electron chi connectivity index (χ1n) is 11.7. The molecule has 0 saturated carbocycles. The van der Waals surface area contributed by atoms with Crippen LogP contribution >= 0.6 is 0 Å². The third-order valence-electron chi connectivity index (χ3n) is 6.77. The van der Waals surface area contributed by atoms with Crippen molar-refractivity contribution in [1.82, 2.24) is 6.15 Å². The molecule has 2 aromatic carbocycles. The lowest BCUT2D eigenvalue weighted by Crippen LogP contribution is -2.10. The van der Waals surface area contributed by atoms with Gasteiger partial charge in [-0.2, -0.15) is 0 Å². The SMILES string of the molecule is C=C.C=C/C=C\C(=C)C(=C)c1ccc(C)cc1C(=C)C1=C2C(=CCC1)c1ccccc1C1C=C21.N. The Morgan fingerprint density at radius 1 is 1.00 bits per heavy atom. The molecule has 0 heterocycles. The molecule has 0 spiro atoms. The summed E-state index contributed by atoms with van der Waals surface area (Å²) in [5.74, 6) is 0.468. The third kappa shape index (κ3) is 4.56. The van der Waals surface area contributed by atoms with Gasteiger partial charge in [-0.3, -0.25) is 0 Å². The fraction of sp³-hybridized carbons (Fsp3) is 0.118. The highest BCUT2D eigenvalue weighted by atomic mass is 14.4. The van der Waals surface area contributed by atoms with Gasteiger partial charge in [-0.05, 0) is 81.0 Å². The van der Waals surface area contributed by atoms with Crippen LogP contribution in [0.2, 0.25) is 0 Å². The van der Waals surface area contributed by atoms with E-state index in [-0.39, 0.29) is 6.15 Å². The second-order valence-corrected chi connectivity index (χ2v) is 8.82. The van der Waals surface area contributed by atoms with Gasteiger partial charge < -0.3 is 6.15 Å². The molecule has 0 amide bonds.